The zero-order valence-electron chi connectivity index (χ0n) is 8.29. The number of aliphatic imine (C=N–C) groups is 1. The number of hydroxylamine groups is 1. The Balaban J connectivity index is 3.97. The van der Waals surface area contributed by atoms with Crippen molar-refractivity contribution in [2.24, 2.45) is 22.2 Å². The van der Waals surface area contributed by atoms with E-state index in [0.717, 1.165) is 12.8 Å². The van der Waals surface area contributed by atoms with Crippen LogP contribution in [0.2, 0.25) is 0 Å². The lowest BCUT2D eigenvalue weighted by molar-refractivity contribution is 0.00862. The van der Waals surface area contributed by atoms with Crippen molar-refractivity contribution >= 4 is 11.9 Å². The highest BCUT2D eigenvalue weighted by atomic mass is 16.7. The van der Waals surface area contributed by atoms with Gasteiger partial charge >= 0.3 is 0 Å². The SMILES string of the molecule is CCCCC(N=C(N)N)ONC(=N)N. The smallest absolute Gasteiger partial charge is 0.210 e. The molecular formula is C7H18N6O. The minimum Gasteiger partial charge on any atom is -0.370 e. The molecule has 0 saturated heterocycles. The third-order valence-corrected chi connectivity index (χ3v) is 1.40. The van der Waals surface area contributed by atoms with Crippen molar-refractivity contribution < 1.29 is 4.84 Å². The van der Waals surface area contributed by atoms with Gasteiger partial charge in [-0.05, 0) is 12.8 Å². The van der Waals surface area contributed by atoms with Crippen LogP contribution in [0.25, 0.3) is 0 Å². The van der Waals surface area contributed by atoms with Crippen molar-refractivity contribution in [1.82, 2.24) is 5.48 Å². The predicted octanol–water partition coefficient (Wildman–Crippen LogP) is -0.809. The Morgan fingerprint density at radius 1 is 1.50 bits per heavy atom. The van der Waals surface area contributed by atoms with E-state index in [4.69, 9.17) is 27.4 Å². The highest BCUT2D eigenvalue weighted by molar-refractivity contribution is 5.75. The largest absolute Gasteiger partial charge is 0.370 e. The lowest BCUT2D eigenvalue weighted by Gasteiger charge is -2.13. The minimum atomic E-state index is -0.496. The summed E-state index contributed by atoms with van der Waals surface area (Å²) in [6.45, 7) is 2.05. The van der Waals surface area contributed by atoms with E-state index in [1.807, 2.05) is 6.92 Å². The van der Waals surface area contributed by atoms with Crippen molar-refractivity contribution in [1.29, 1.82) is 5.41 Å². The van der Waals surface area contributed by atoms with Crippen molar-refractivity contribution in [3.8, 4) is 0 Å². The van der Waals surface area contributed by atoms with Gasteiger partial charge in [0.05, 0.1) is 0 Å². The van der Waals surface area contributed by atoms with Crippen LogP contribution in [0.3, 0.4) is 0 Å². The molecule has 8 N–H and O–H groups in total. The maximum absolute atomic E-state index is 6.88. The summed E-state index contributed by atoms with van der Waals surface area (Å²) in [5.74, 6) is -0.325. The van der Waals surface area contributed by atoms with E-state index >= 15 is 0 Å². The van der Waals surface area contributed by atoms with Crippen LogP contribution in [-0.2, 0) is 4.84 Å². The van der Waals surface area contributed by atoms with Gasteiger partial charge in [0.25, 0.3) is 0 Å². The summed E-state index contributed by atoms with van der Waals surface area (Å²) in [7, 11) is 0. The number of nitrogens with one attached hydrogen (secondary N) is 2. The number of nitrogens with zero attached hydrogens (tertiary/aromatic N) is 1. The Labute approximate surface area is 83.1 Å². The standard InChI is InChI=1S/C7H18N6O/c1-2-3-4-5(12-6(8)9)14-13-7(10)11/h5H,2-4H2,1H3,(H4,8,9,12)(H4,10,11,13). The second-order valence-corrected chi connectivity index (χ2v) is 2.78. The molecule has 7 nitrogen and oxygen atoms in total. The predicted molar refractivity (Wildman–Crippen MR) is 55.3 cm³/mol. The van der Waals surface area contributed by atoms with Crippen molar-refractivity contribution in [3.05, 3.63) is 0 Å². The summed E-state index contributed by atoms with van der Waals surface area (Å²) in [6, 6.07) is 0. The van der Waals surface area contributed by atoms with Gasteiger partial charge in [0.15, 0.2) is 12.2 Å². The lowest BCUT2D eigenvalue weighted by atomic mass is 10.2. The first-order valence-corrected chi connectivity index (χ1v) is 4.40. The molecule has 0 aliphatic heterocycles. The summed E-state index contributed by atoms with van der Waals surface area (Å²) in [6.07, 6.45) is 2.12. The molecule has 0 rings (SSSR count). The first-order chi connectivity index (χ1) is 6.56. The molecule has 0 saturated carbocycles. The number of unbranched alkanes of at least 4 members (excludes halogenated alkanes) is 1. The van der Waals surface area contributed by atoms with Crippen LogP contribution in [0.15, 0.2) is 4.99 Å². The van der Waals surface area contributed by atoms with Crippen LogP contribution in [0.1, 0.15) is 26.2 Å². The molecule has 0 aromatic rings. The van der Waals surface area contributed by atoms with Gasteiger partial charge in [-0.15, -0.1) is 0 Å². The minimum absolute atomic E-state index is 0.0449. The second-order valence-electron chi connectivity index (χ2n) is 2.78. The number of rotatable bonds is 6. The Kier molecular flexibility index (Phi) is 6.21. The number of hydrogen-bond donors (Lipinski definition) is 5. The quantitative estimate of drug-likeness (QED) is 0.218. The molecule has 7 heteroatoms. The van der Waals surface area contributed by atoms with Crippen molar-refractivity contribution in [2.45, 2.75) is 32.4 Å². The number of hydrogen-bond acceptors (Lipinski definition) is 3. The van der Waals surface area contributed by atoms with Crippen LogP contribution < -0.4 is 22.7 Å². The van der Waals surface area contributed by atoms with Gasteiger partial charge < -0.3 is 17.2 Å². The van der Waals surface area contributed by atoms with E-state index in [1.165, 1.54) is 0 Å². The zero-order valence-corrected chi connectivity index (χ0v) is 8.29. The molecule has 1 unspecified atom stereocenters. The Morgan fingerprint density at radius 2 is 2.14 bits per heavy atom. The van der Waals surface area contributed by atoms with E-state index in [2.05, 4.69) is 10.5 Å². The fourth-order valence-corrected chi connectivity index (χ4v) is 0.826. The Morgan fingerprint density at radius 3 is 2.57 bits per heavy atom. The Bertz CT molecular complexity index is 200. The van der Waals surface area contributed by atoms with Gasteiger partial charge in [-0.25, -0.2) is 15.3 Å². The van der Waals surface area contributed by atoms with E-state index in [0.29, 0.717) is 6.42 Å². The highest BCUT2D eigenvalue weighted by Gasteiger charge is 2.07. The molecule has 0 aliphatic rings. The fourth-order valence-electron chi connectivity index (χ4n) is 0.826. The molecule has 14 heavy (non-hydrogen) atoms. The molecule has 0 aromatic carbocycles. The van der Waals surface area contributed by atoms with Gasteiger partial charge in [-0.2, -0.15) is 0 Å². The summed E-state index contributed by atoms with van der Waals surface area (Å²) in [5, 5.41) is 6.88. The molecule has 0 aromatic heterocycles. The molecular weight excluding hydrogens is 184 g/mol. The molecule has 0 radical (unpaired) electrons. The van der Waals surface area contributed by atoms with Crippen LogP contribution in [-0.4, -0.2) is 18.1 Å². The monoisotopic (exact) mass is 202 g/mol. The zero-order chi connectivity index (χ0) is 11.0. The third-order valence-electron chi connectivity index (χ3n) is 1.40. The van der Waals surface area contributed by atoms with Gasteiger partial charge in [-0.3, -0.25) is 5.41 Å². The van der Waals surface area contributed by atoms with Crippen molar-refractivity contribution in [2.75, 3.05) is 0 Å². The van der Waals surface area contributed by atoms with Crippen LogP contribution >= 0.6 is 0 Å². The fraction of sp³-hybridized carbons (Fsp3) is 0.714. The van der Waals surface area contributed by atoms with Crippen LogP contribution in [0.5, 0.6) is 0 Å². The molecule has 0 heterocycles. The maximum atomic E-state index is 6.88. The summed E-state index contributed by atoms with van der Waals surface area (Å²) in [4.78, 5) is 8.79. The third kappa shape index (κ3) is 7.17. The molecule has 0 fully saturated rings. The average Bonchev–Trinajstić information content (AvgIpc) is 2.09. The van der Waals surface area contributed by atoms with Crippen LogP contribution in [0.4, 0.5) is 0 Å². The summed E-state index contributed by atoms with van der Waals surface area (Å²) >= 11 is 0. The maximum Gasteiger partial charge on any atom is 0.210 e. The highest BCUT2D eigenvalue weighted by Crippen LogP contribution is 2.04. The molecule has 0 amide bonds. The normalized spacial score (nSPS) is 11.8. The first-order valence-electron chi connectivity index (χ1n) is 4.40. The second kappa shape index (κ2) is 6.96. The molecule has 0 aliphatic carbocycles. The van der Waals surface area contributed by atoms with Gasteiger partial charge in [-0.1, -0.05) is 13.3 Å². The van der Waals surface area contributed by atoms with Crippen molar-refractivity contribution in [3.63, 3.8) is 0 Å². The van der Waals surface area contributed by atoms with E-state index in [-0.39, 0.29) is 11.9 Å². The number of guanidine groups is 2. The van der Waals surface area contributed by atoms with E-state index in [1.54, 1.807) is 0 Å². The number of nitrogens with two attached hydrogens (primary N) is 3. The van der Waals surface area contributed by atoms with Gasteiger partial charge in [0.2, 0.25) is 5.96 Å². The molecule has 1 atom stereocenters. The van der Waals surface area contributed by atoms with Gasteiger partial charge in [0.1, 0.15) is 0 Å². The van der Waals surface area contributed by atoms with Gasteiger partial charge in [0, 0.05) is 0 Å². The average molecular weight is 202 g/mol. The topological polar surface area (TPSA) is 136 Å². The summed E-state index contributed by atoms with van der Waals surface area (Å²) in [5.41, 5.74) is 17.7. The molecule has 0 bridgehead atoms. The Hall–Kier alpha value is -1.50. The van der Waals surface area contributed by atoms with Crippen LogP contribution in [0, 0.1) is 5.41 Å². The first kappa shape index (κ1) is 12.5. The lowest BCUT2D eigenvalue weighted by Crippen LogP contribution is -2.35. The summed E-state index contributed by atoms with van der Waals surface area (Å²) < 4.78 is 0. The molecule has 0 spiro atoms. The molecule has 82 valence electrons. The van der Waals surface area contributed by atoms with E-state index in [9.17, 15) is 0 Å². The van der Waals surface area contributed by atoms with E-state index < -0.39 is 6.23 Å².